The second kappa shape index (κ2) is 5.02. The fraction of sp³-hybridized carbons (Fsp3) is 0.400. The van der Waals surface area contributed by atoms with Gasteiger partial charge in [-0.1, -0.05) is 18.6 Å². The standard InChI is InChI=1S/C15H17FN2/c16-15(14-5-1-2-8-18-14)12-6-7-13-11(10-12)4-3-9-17-13/h3-4,6-7,9-10,14-15,18H,1-2,5,8H2. The molecule has 1 N–H and O–H groups in total. The zero-order valence-electron chi connectivity index (χ0n) is 10.3. The number of pyridine rings is 1. The van der Waals surface area contributed by atoms with Gasteiger partial charge in [0, 0.05) is 17.6 Å². The van der Waals surface area contributed by atoms with E-state index < -0.39 is 6.17 Å². The minimum atomic E-state index is -0.921. The number of alkyl halides is 1. The van der Waals surface area contributed by atoms with E-state index in [2.05, 4.69) is 10.3 Å². The van der Waals surface area contributed by atoms with Gasteiger partial charge in [0.15, 0.2) is 0 Å². The summed E-state index contributed by atoms with van der Waals surface area (Å²) in [5, 5.41) is 4.28. The van der Waals surface area contributed by atoms with E-state index in [1.807, 2.05) is 30.3 Å². The summed E-state index contributed by atoms with van der Waals surface area (Å²) in [6, 6.07) is 9.51. The van der Waals surface area contributed by atoms with E-state index >= 15 is 0 Å². The Kier molecular flexibility index (Phi) is 3.24. The zero-order valence-corrected chi connectivity index (χ0v) is 10.3. The first-order chi connectivity index (χ1) is 8.84. The molecule has 1 fully saturated rings. The predicted molar refractivity (Wildman–Crippen MR) is 71.2 cm³/mol. The summed E-state index contributed by atoms with van der Waals surface area (Å²) in [6.45, 7) is 0.931. The van der Waals surface area contributed by atoms with Gasteiger partial charge in [-0.15, -0.1) is 0 Å². The van der Waals surface area contributed by atoms with Crippen LogP contribution in [0.3, 0.4) is 0 Å². The number of piperidine rings is 1. The smallest absolute Gasteiger partial charge is 0.140 e. The summed E-state index contributed by atoms with van der Waals surface area (Å²) in [7, 11) is 0. The molecule has 2 atom stereocenters. The van der Waals surface area contributed by atoms with Crippen molar-refractivity contribution >= 4 is 10.9 Å². The fourth-order valence-electron chi connectivity index (χ4n) is 2.63. The maximum absolute atomic E-state index is 14.5. The van der Waals surface area contributed by atoms with E-state index in [1.165, 1.54) is 0 Å². The molecule has 1 aliphatic rings. The molecule has 0 spiro atoms. The van der Waals surface area contributed by atoms with Crippen molar-refractivity contribution in [3.8, 4) is 0 Å². The van der Waals surface area contributed by atoms with Crippen molar-refractivity contribution in [3.05, 3.63) is 42.1 Å². The third kappa shape index (κ3) is 2.23. The molecule has 2 aromatic rings. The second-order valence-corrected chi connectivity index (χ2v) is 4.91. The van der Waals surface area contributed by atoms with Crippen LogP contribution in [-0.2, 0) is 0 Å². The number of hydrogen-bond donors (Lipinski definition) is 1. The Labute approximate surface area is 106 Å². The topological polar surface area (TPSA) is 24.9 Å². The van der Waals surface area contributed by atoms with Crippen LogP contribution in [0, 0.1) is 0 Å². The molecular formula is C15H17FN2. The van der Waals surface area contributed by atoms with Crippen molar-refractivity contribution in [2.75, 3.05) is 6.54 Å². The van der Waals surface area contributed by atoms with E-state index in [0.29, 0.717) is 0 Å². The van der Waals surface area contributed by atoms with Crippen LogP contribution in [0.25, 0.3) is 10.9 Å². The van der Waals surface area contributed by atoms with Crippen LogP contribution in [-0.4, -0.2) is 17.6 Å². The van der Waals surface area contributed by atoms with Crippen molar-refractivity contribution in [1.82, 2.24) is 10.3 Å². The van der Waals surface area contributed by atoms with E-state index in [4.69, 9.17) is 0 Å². The Hall–Kier alpha value is -1.48. The summed E-state index contributed by atoms with van der Waals surface area (Å²) in [4.78, 5) is 4.26. The highest BCUT2D eigenvalue weighted by molar-refractivity contribution is 5.79. The number of nitrogens with one attached hydrogen (secondary N) is 1. The Bertz CT molecular complexity index is 535. The maximum atomic E-state index is 14.5. The third-order valence-electron chi connectivity index (χ3n) is 3.65. The Morgan fingerprint density at radius 3 is 3.06 bits per heavy atom. The molecule has 18 heavy (non-hydrogen) atoms. The van der Waals surface area contributed by atoms with Crippen LogP contribution in [0.2, 0.25) is 0 Å². The minimum Gasteiger partial charge on any atom is -0.311 e. The molecule has 0 bridgehead atoms. The first-order valence-electron chi connectivity index (χ1n) is 6.57. The summed E-state index contributed by atoms with van der Waals surface area (Å²) in [5.41, 5.74) is 1.68. The van der Waals surface area contributed by atoms with E-state index in [1.54, 1.807) is 6.20 Å². The molecule has 94 valence electrons. The molecule has 2 heterocycles. The van der Waals surface area contributed by atoms with Crippen LogP contribution in [0.5, 0.6) is 0 Å². The lowest BCUT2D eigenvalue weighted by Gasteiger charge is -2.26. The van der Waals surface area contributed by atoms with Crippen LogP contribution in [0.1, 0.15) is 31.0 Å². The summed E-state index contributed by atoms with van der Waals surface area (Å²) < 4.78 is 14.5. The molecule has 1 aromatic carbocycles. The molecule has 2 nitrogen and oxygen atoms in total. The van der Waals surface area contributed by atoms with Gasteiger partial charge in [0.05, 0.1) is 5.52 Å². The Balaban J connectivity index is 1.88. The number of halogens is 1. The van der Waals surface area contributed by atoms with Gasteiger partial charge in [0.2, 0.25) is 0 Å². The van der Waals surface area contributed by atoms with Gasteiger partial charge in [0.1, 0.15) is 6.17 Å². The number of hydrogen-bond acceptors (Lipinski definition) is 2. The number of rotatable bonds is 2. The van der Waals surface area contributed by atoms with Gasteiger partial charge in [-0.2, -0.15) is 0 Å². The molecule has 2 unspecified atom stereocenters. The van der Waals surface area contributed by atoms with Gasteiger partial charge < -0.3 is 5.32 Å². The van der Waals surface area contributed by atoms with Crippen LogP contribution >= 0.6 is 0 Å². The average Bonchev–Trinajstić information content (AvgIpc) is 2.47. The lowest BCUT2D eigenvalue weighted by atomic mass is 9.95. The summed E-state index contributed by atoms with van der Waals surface area (Å²) in [5.74, 6) is 0. The van der Waals surface area contributed by atoms with Crippen molar-refractivity contribution < 1.29 is 4.39 Å². The average molecular weight is 244 g/mol. The Morgan fingerprint density at radius 1 is 1.28 bits per heavy atom. The lowest BCUT2D eigenvalue weighted by Crippen LogP contribution is -2.37. The molecule has 1 aromatic heterocycles. The van der Waals surface area contributed by atoms with Crippen molar-refractivity contribution in [1.29, 1.82) is 0 Å². The maximum Gasteiger partial charge on any atom is 0.140 e. The van der Waals surface area contributed by atoms with Crippen LogP contribution in [0.4, 0.5) is 4.39 Å². The lowest BCUT2D eigenvalue weighted by molar-refractivity contribution is 0.221. The van der Waals surface area contributed by atoms with Crippen molar-refractivity contribution in [2.24, 2.45) is 0 Å². The highest BCUT2D eigenvalue weighted by Gasteiger charge is 2.24. The largest absolute Gasteiger partial charge is 0.311 e. The van der Waals surface area contributed by atoms with Crippen LogP contribution in [0.15, 0.2) is 36.5 Å². The summed E-state index contributed by atoms with van der Waals surface area (Å²) >= 11 is 0. The van der Waals surface area contributed by atoms with Gasteiger partial charge in [-0.25, -0.2) is 4.39 Å². The molecule has 1 saturated heterocycles. The van der Waals surface area contributed by atoms with Gasteiger partial charge in [-0.3, -0.25) is 4.98 Å². The fourth-order valence-corrected chi connectivity index (χ4v) is 2.63. The van der Waals surface area contributed by atoms with E-state index in [0.717, 1.165) is 42.3 Å². The quantitative estimate of drug-likeness (QED) is 0.876. The minimum absolute atomic E-state index is 0.0344. The molecule has 0 radical (unpaired) electrons. The van der Waals surface area contributed by atoms with Crippen LogP contribution < -0.4 is 5.32 Å². The van der Waals surface area contributed by atoms with E-state index in [9.17, 15) is 4.39 Å². The van der Waals surface area contributed by atoms with Crippen molar-refractivity contribution in [3.63, 3.8) is 0 Å². The van der Waals surface area contributed by atoms with Gasteiger partial charge in [0.25, 0.3) is 0 Å². The Morgan fingerprint density at radius 2 is 2.22 bits per heavy atom. The number of benzene rings is 1. The normalized spacial score (nSPS) is 21.9. The molecule has 0 saturated carbocycles. The molecule has 1 aliphatic heterocycles. The number of fused-ring (bicyclic) bond motifs is 1. The molecule has 0 aliphatic carbocycles. The molecule has 3 heteroatoms. The monoisotopic (exact) mass is 244 g/mol. The first kappa shape index (κ1) is 11.6. The highest BCUT2D eigenvalue weighted by atomic mass is 19.1. The van der Waals surface area contributed by atoms with Crippen molar-refractivity contribution in [2.45, 2.75) is 31.5 Å². The second-order valence-electron chi connectivity index (χ2n) is 4.91. The number of nitrogens with zero attached hydrogens (tertiary/aromatic N) is 1. The molecule has 3 rings (SSSR count). The molecule has 0 amide bonds. The van der Waals surface area contributed by atoms with Gasteiger partial charge >= 0.3 is 0 Å². The first-order valence-corrected chi connectivity index (χ1v) is 6.57. The third-order valence-corrected chi connectivity index (χ3v) is 3.65. The zero-order chi connectivity index (χ0) is 12.4. The van der Waals surface area contributed by atoms with Gasteiger partial charge in [-0.05, 0) is 43.1 Å². The number of aromatic nitrogens is 1. The van der Waals surface area contributed by atoms with E-state index in [-0.39, 0.29) is 6.04 Å². The summed E-state index contributed by atoms with van der Waals surface area (Å²) in [6.07, 6.45) is 4.04. The SMILES string of the molecule is FC(c1ccc2ncccc2c1)C1CCCCN1. The highest BCUT2D eigenvalue weighted by Crippen LogP contribution is 2.28. The molecular weight excluding hydrogens is 227 g/mol. The predicted octanol–water partition coefficient (Wildman–Crippen LogP) is 3.39.